The summed E-state index contributed by atoms with van der Waals surface area (Å²) >= 11 is 0. The van der Waals surface area contributed by atoms with Gasteiger partial charge in [0, 0.05) is 5.56 Å². The lowest BCUT2D eigenvalue weighted by molar-refractivity contribution is -0.138. The van der Waals surface area contributed by atoms with Crippen molar-refractivity contribution in [3.05, 3.63) is 71.6 Å². The van der Waals surface area contributed by atoms with Gasteiger partial charge in [-0.2, -0.15) is 0 Å². The highest BCUT2D eigenvalue weighted by Gasteiger charge is 2.17. The van der Waals surface area contributed by atoms with E-state index < -0.39 is 12.0 Å². The number of fused-ring (bicyclic) bond motifs is 1. The largest absolute Gasteiger partial charge is 0.480 e. The molecule has 1 heterocycles. The van der Waals surface area contributed by atoms with E-state index in [-0.39, 0.29) is 19.2 Å². The highest BCUT2D eigenvalue weighted by atomic mass is 19.1. The lowest BCUT2D eigenvalue weighted by Crippen LogP contribution is -2.29. The molecule has 0 amide bonds. The summed E-state index contributed by atoms with van der Waals surface area (Å²) in [6, 6.07) is 11.1. The number of carboxylic acid groups (broad SMARTS) is 1. The molecule has 0 spiro atoms. The molecule has 1 atom stereocenters. The minimum Gasteiger partial charge on any atom is -0.480 e. The van der Waals surface area contributed by atoms with Crippen LogP contribution < -0.4 is 9.47 Å². The summed E-state index contributed by atoms with van der Waals surface area (Å²) in [4.78, 5) is 12.6. The number of nitrogens with zero attached hydrogens (tertiary/aromatic N) is 1. The van der Waals surface area contributed by atoms with Gasteiger partial charge in [0.1, 0.15) is 5.82 Å². The van der Waals surface area contributed by atoms with Crippen LogP contribution in [-0.2, 0) is 4.79 Å². The van der Waals surface area contributed by atoms with E-state index in [9.17, 15) is 9.18 Å². The molecule has 138 valence electrons. The number of likely N-dealkylation sites (N-methyl/N-ethyl adjacent to an activating group) is 1. The number of allylic oxidation sites excluding steroid dienone is 1. The van der Waals surface area contributed by atoms with Gasteiger partial charge in [0.25, 0.3) is 0 Å². The summed E-state index contributed by atoms with van der Waals surface area (Å²) in [6.07, 6.45) is 3.39. The van der Waals surface area contributed by atoms with E-state index >= 15 is 0 Å². The highest BCUT2D eigenvalue weighted by molar-refractivity contribution is 5.69. The van der Waals surface area contributed by atoms with E-state index in [1.54, 1.807) is 48.4 Å². The molecule has 6 heteroatoms. The lowest BCUT2D eigenvalue weighted by Gasteiger charge is -2.24. The molecule has 3 rings (SSSR count). The molecule has 2 aromatic carbocycles. The second kappa shape index (κ2) is 8.39. The van der Waals surface area contributed by atoms with Crippen molar-refractivity contribution in [2.45, 2.75) is 6.04 Å². The van der Waals surface area contributed by atoms with Gasteiger partial charge in [-0.1, -0.05) is 30.0 Å². The normalized spacial score (nSPS) is 13.4. The van der Waals surface area contributed by atoms with Crippen LogP contribution in [0.3, 0.4) is 0 Å². The summed E-state index contributed by atoms with van der Waals surface area (Å²) < 4.78 is 24.1. The van der Waals surface area contributed by atoms with Crippen LogP contribution in [0.25, 0.3) is 0 Å². The molecule has 0 aromatic heterocycles. The van der Waals surface area contributed by atoms with Gasteiger partial charge in [0.15, 0.2) is 11.5 Å². The van der Waals surface area contributed by atoms with Crippen LogP contribution in [0.1, 0.15) is 17.2 Å². The van der Waals surface area contributed by atoms with Crippen LogP contribution in [0.5, 0.6) is 11.5 Å². The first-order chi connectivity index (χ1) is 13.0. The van der Waals surface area contributed by atoms with Gasteiger partial charge in [0.2, 0.25) is 6.79 Å². The maximum atomic E-state index is 13.6. The topological polar surface area (TPSA) is 59.0 Å². The number of hydrogen-bond acceptors (Lipinski definition) is 4. The molecular weight excluding hydrogens is 349 g/mol. The number of rotatable bonds is 5. The molecule has 0 aliphatic carbocycles. The number of carboxylic acids is 1. The summed E-state index contributed by atoms with van der Waals surface area (Å²) in [5, 5.41) is 9.04. The van der Waals surface area contributed by atoms with E-state index in [0.29, 0.717) is 17.1 Å². The van der Waals surface area contributed by atoms with Crippen molar-refractivity contribution in [2.24, 2.45) is 0 Å². The SMILES string of the molecule is CN(CC(=O)O)C(/C=C/C#Cc1ccc2c(c1)OCO2)c1cccc(F)c1. The summed E-state index contributed by atoms with van der Waals surface area (Å²) in [5.74, 6) is 5.93. The fourth-order valence-corrected chi connectivity index (χ4v) is 2.75. The average molecular weight is 367 g/mol. The zero-order chi connectivity index (χ0) is 19.2. The molecule has 2 aromatic rings. The number of benzene rings is 2. The summed E-state index contributed by atoms with van der Waals surface area (Å²) in [5.41, 5.74) is 1.42. The van der Waals surface area contributed by atoms with Gasteiger partial charge in [-0.15, -0.1) is 0 Å². The van der Waals surface area contributed by atoms with E-state index in [1.165, 1.54) is 12.1 Å². The predicted molar refractivity (Wildman–Crippen MR) is 98.0 cm³/mol. The van der Waals surface area contributed by atoms with Gasteiger partial charge < -0.3 is 14.6 Å². The molecule has 0 saturated carbocycles. The summed E-state index contributed by atoms with van der Waals surface area (Å²) in [7, 11) is 1.67. The molecule has 1 aliphatic rings. The van der Waals surface area contributed by atoms with Crippen molar-refractivity contribution in [3.8, 4) is 23.3 Å². The fourth-order valence-electron chi connectivity index (χ4n) is 2.75. The first-order valence-corrected chi connectivity index (χ1v) is 8.28. The van der Waals surface area contributed by atoms with Crippen molar-refractivity contribution in [1.29, 1.82) is 0 Å². The predicted octanol–water partition coefficient (Wildman–Crippen LogP) is 3.22. The van der Waals surface area contributed by atoms with Crippen LogP contribution in [-0.4, -0.2) is 36.4 Å². The number of aliphatic carboxylic acids is 1. The van der Waals surface area contributed by atoms with Crippen LogP contribution in [0.15, 0.2) is 54.6 Å². The highest BCUT2D eigenvalue weighted by Crippen LogP contribution is 2.32. The Morgan fingerprint density at radius 2 is 2.11 bits per heavy atom. The quantitative estimate of drug-likeness (QED) is 0.823. The zero-order valence-corrected chi connectivity index (χ0v) is 14.7. The van der Waals surface area contributed by atoms with E-state index in [1.807, 2.05) is 6.07 Å². The second-order valence-corrected chi connectivity index (χ2v) is 6.01. The molecule has 0 saturated heterocycles. The average Bonchev–Trinajstić information content (AvgIpc) is 3.08. The molecule has 1 unspecified atom stereocenters. The van der Waals surface area contributed by atoms with Crippen molar-refractivity contribution >= 4 is 5.97 Å². The third-order valence-corrected chi connectivity index (χ3v) is 4.00. The number of halogens is 1. The minimum absolute atomic E-state index is 0.179. The molecule has 27 heavy (non-hydrogen) atoms. The Hall–Kier alpha value is -3.30. The molecule has 0 radical (unpaired) electrons. The number of hydrogen-bond donors (Lipinski definition) is 1. The van der Waals surface area contributed by atoms with Gasteiger partial charge in [0.05, 0.1) is 12.6 Å². The van der Waals surface area contributed by atoms with Crippen molar-refractivity contribution in [3.63, 3.8) is 0 Å². The van der Waals surface area contributed by atoms with Crippen molar-refractivity contribution in [1.82, 2.24) is 4.90 Å². The Balaban J connectivity index is 1.78. The van der Waals surface area contributed by atoms with Crippen LogP contribution in [0.2, 0.25) is 0 Å². The smallest absolute Gasteiger partial charge is 0.317 e. The lowest BCUT2D eigenvalue weighted by atomic mass is 10.0. The molecule has 1 N–H and O–H groups in total. The first-order valence-electron chi connectivity index (χ1n) is 8.28. The number of ether oxygens (including phenoxy) is 2. The maximum Gasteiger partial charge on any atom is 0.317 e. The fraction of sp³-hybridized carbons (Fsp3) is 0.190. The monoisotopic (exact) mass is 367 g/mol. The van der Waals surface area contributed by atoms with Crippen LogP contribution >= 0.6 is 0 Å². The first kappa shape index (κ1) is 18.5. The molecular formula is C21H18FNO4. The van der Waals surface area contributed by atoms with Crippen molar-refractivity contribution in [2.75, 3.05) is 20.4 Å². The third-order valence-electron chi connectivity index (χ3n) is 4.00. The Labute approximate surface area is 156 Å². The Morgan fingerprint density at radius 3 is 2.89 bits per heavy atom. The maximum absolute atomic E-state index is 13.6. The van der Waals surface area contributed by atoms with Gasteiger partial charge in [-0.05, 0) is 49.0 Å². The van der Waals surface area contributed by atoms with E-state index in [2.05, 4.69) is 11.8 Å². The molecule has 1 aliphatic heterocycles. The Kier molecular flexibility index (Phi) is 5.74. The van der Waals surface area contributed by atoms with Crippen LogP contribution in [0, 0.1) is 17.7 Å². The molecule has 0 fully saturated rings. The summed E-state index contributed by atoms with van der Waals surface area (Å²) in [6.45, 7) is 0.0262. The molecule has 5 nitrogen and oxygen atoms in total. The van der Waals surface area contributed by atoms with Gasteiger partial charge in [-0.3, -0.25) is 9.69 Å². The van der Waals surface area contributed by atoms with E-state index in [4.69, 9.17) is 14.6 Å². The number of carbonyl (C=O) groups is 1. The van der Waals surface area contributed by atoms with Gasteiger partial charge in [-0.25, -0.2) is 4.39 Å². The van der Waals surface area contributed by atoms with Crippen molar-refractivity contribution < 1.29 is 23.8 Å². The Bertz CT molecular complexity index is 929. The third kappa shape index (κ3) is 4.87. The van der Waals surface area contributed by atoms with Gasteiger partial charge >= 0.3 is 5.97 Å². The van der Waals surface area contributed by atoms with E-state index in [0.717, 1.165) is 5.56 Å². The Morgan fingerprint density at radius 1 is 1.30 bits per heavy atom. The van der Waals surface area contributed by atoms with Crippen LogP contribution in [0.4, 0.5) is 4.39 Å². The standard InChI is InChI=1S/C21H18FNO4/c1-23(13-21(24)25)18(16-6-4-7-17(22)12-16)8-3-2-5-15-9-10-19-20(11-15)27-14-26-19/h3-4,6-12,18H,13-14H2,1H3,(H,24,25)/b8-3+. The minimum atomic E-state index is -0.959. The zero-order valence-electron chi connectivity index (χ0n) is 14.7. The second-order valence-electron chi connectivity index (χ2n) is 6.01. The molecule has 0 bridgehead atoms.